The molecule has 1 N–H and O–H groups in total. The number of carbonyl (C=O) groups is 1. The third-order valence-corrected chi connectivity index (χ3v) is 12.4. The first kappa shape index (κ1) is 36.7. The van der Waals surface area contributed by atoms with Crippen LogP contribution in [0.4, 0.5) is 32.2 Å². The minimum Gasteiger partial charge on any atom is -0.508 e. The Bertz CT molecular complexity index is 2240. The summed E-state index contributed by atoms with van der Waals surface area (Å²) < 4.78 is 99.5. The highest BCUT2D eigenvalue weighted by atomic mass is 19.4. The summed E-state index contributed by atoms with van der Waals surface area (Å²) in [7, 11) is 0. The lowest BCUT2D eigenvalue weighted by molar-refractivity contribution is -0.151. The quantitative estimate of drug-likeness (QED) is 0.200. The van der Waals surface area contributed by atoms with Gasteiger partial charge in [0.15, 0.2) is 5.83 Å². The Hall–Kier alpha value is -4.97. The summed E-state index contributed by atoms with van der Waals surface area (Å²) in [5.41, 5.74) is -0.295. The van der Waals surface area contributed by atoms with Gasteiger partial charge >= 0.3 is 12.2 Å². The molecule has 9 nitrogen and oxygen atoms in total. The number of aromatic hydroxyl groups is 1. The lowest BCUT2D eigenvalue weighted by Crippen LogP contribution is -2.56. The number of amides is 1. The highest BCUT2D eigenvalue weighted by Gasteiger charge is 2.51. The van der Waals surface area contributed by atoms with Crippen molar-refractivity contribution in [2.75, 3.05) is 37.7 Å². The summed E-state index contributed by atoms with van der Waals surface area (Å²) in [6.45, 7) is 3.24. The molecule has 6 atom stereocenters. The number of hydrogen-bond acceptors (Lipinski definition) is 8. The molecule has 4 unspecified atom stereocenters. The predicted octanol–water partition coefficient (Wildman–Crippen LogP) is 7.17. The van der Waals surface area contributed by atoms with Crippen molar-refractivity contribution in [3.8, 4) is 24.1 Å². The van der Waals surface area contributed by atoms with Gasteiger partial charge in [0.25, 0.3) is 0 Å². The van der Waals surface area contributed by atoms with Crippen LogP contribution in [-0.2, 0) is 9.53 Å². The molecule has 5 aliphatic heterocycles. The standard InChI is InChI=1S/C41H39F6N5O4/c1-3-27-30(43)8-5-22-14-26(53)15-28(32(22)27)33-35(44)36-34(29-13-21(2)56-37(29)33)38(49-39(48-36)55-20-40-10-4-12-51(40)17-23(42)16-40)50-18-24-6-7-25(19-50)52(24)31(54)9-11-41(45,46)47/h1,5,8,13-15,23-25,29,37,53H,4,6-7,9-12,16-20H2,2H3/t23-,24?,25?,29?,37?,40+/m1/s1. The average Bonchev–Trinajstić information content (AvgIpc) is 3.88. The molecule has 0 radical (unpaired) electrons. The first-order chi connectivity index (χ1) is 26.7. The van der Waals surface area contributed by atoms with Gasteiger partial charge < -0.3 is 24.4 Å². The van der Waals surface area contributed by atoms with Crippen LogP contribution in [0.2, 0.25) is 0 Å². The van der Waals surface area contributed by atoms with Crippen molar-refractivity contribution in [3.05, 3.63) is 64.3 Å². The van der Waals surface area contributed by atoms with Crippen LogP contribution in [0.25, 0.3) is 22.2 Å². The van der Waals surface area contributed by atoms with Gasteiger partial charge in [0.05, 0.1) is 29.2 Å². The Kier molecular flexibility index (Phi) is 8.72. The smallest absolute Gasteiger partial charge is 0.389 e. The summed E-state index contributed by atoms with van der Waals surface area (Å²) in [6, 6.07) is 4.41. The van der Waals surface area contributed by atoms with E-state index < -0.39 is 72.4 Å². The van der Waals surface area contributed by atoms with Crippen molar-refractivity contribution in [1.82, 2.24) is 19.8 Å². The number of terminal acetylenes is 1. The number of carbonyl (C=O) groups excluding carboxylic acids is 1. The van der Waals surface area contributed by atoms with Crippen molar-refractivity contribution in [2.45, 2.75) is 93.9 Å². The largest absolute Gasteiger partial charge is 0.508 e. The molecule has 294 valence electrons. The zero-order valence-electron chi connectivity index (χ0n) is 30.5. The lowest BCUT2D eigenvalue weighted by Gasteiger charge is -2.43. The number of ether oxygens (including phenoxy) is 2. The SMILES string of the molecule is C#Cc1c(F)ccc2cc(O)cc(C3=C(F)c4nc(OC[C@@]56CCCN5C[C@H](F)C6)nc(N5CC6CCC(C5)N6C(=O)CCC(F)(F)F)c4C4C=C(C)OC34)c12. The first-order valence-electron chi connectivity index (χ1n) is 19.0. The Morgan fingerprint density at radius 2 is 1.91 bits per heavy atom. The molecule has 6 aliphatic rings. The molecule has 1 aliphatic carbocycles. The number of aromatic nitrogens is 2. The minimum atomic E-state index is -4.46. The number of halogens is 6. The van der Waals surface area contributed by atoms with Crippen molar-refractivity contribution in [3.63, 3.8) is 0 Å². The van der Waals surface area contributed by atoms with E-state index in [2.05, 4.69) is 15.8 Å². The van der Waals surface area contributed by atoms with Gasteiger partial charge in [0, 0.05) is 61.1 Å². The maximum absolute atomic E-state index is 17.7. The Balaban J connectivity index is 1.18. The molecule has 1 aromatic heterocycles. The number of piperazine rings is 1. The third kappa shape index (κ3) is 6.02. The first-order valence-corrected chi connectivity index (χ1v) is 19.0. The molecule has 0 spiro atoms. The van der Waals surface area contributed by atoms with Crippen LogP contribution in [0.1, 0.15) is 80.2 Å². The zero-order chi connectivity index (χ0) is 39.3. The third-order valence-electron chi connectivity index (χ3n) is 12.4. The summed E-state index contributed by atoms with van der Waals surface area (Å²) in [5, 5.41) is 11.4. The predicted molar refractivity (Wildman–Crippen MR) is 195 cm³/mol. The van der Waals surface area contributed by atoms with E-state index in [9.17, 15) is 27.5 Å². The van der Waals surface area contributed by atoms with Gasteiger partial charge in [-0.25, -0.2) is 13.2 Å². The second-order valence-electron chi connectivity index (χ2n) is 15.9. The fraction of sp³-hybridized carbons (Fsp3) is 0.488. The number of rotatable bonds is 7. The van der Waals surface area contributed by atoms with E-state index in [-0.39, 0.29) is 65.7 Å². The number of fused-ring (bicyclic) bond motifs is 7. The summed E-state index contributed by atoms with van der Waals surface area (Å²) >= 11 is 0. The molecule has 0 saturated carbocycles. The molecule has 2 aromatic carbocycles. The molecule has 6 heterocycles. The number of phenols is 1. The second kappa shape index (κ2) is 13.3. The number of hydrogen-bond donors (Lipinski definition) is 1. The number of allylic oxidation sites excluding steroid dienone is 1. The van der Waals surface area contributed by atoms with E-state index in [1.54, 1.807) is 11.8 Å². The van der Waals surface area contributed by atoms with Crippen LogP contribution in [0, 0.1) is 18.2 Å². The zero-order valence-corrected chi connectivity index (χ0v) is 30.5. The summed E-state index contributed by atoms with van der Waals surface area (Å²) in [5.74, 6) is 0.209. The van der Waals surface area contributed by atoms with Gasteiger partial charge in [-0.1, -0.05) is 12.0 Å². The van der Waals surface area contributed by atoms with Gasteiger partial charge in [0.1, 0.15) is 42.0 Å². The molecule has 9 rings (SSSR count). The van der Waals surface area contributed by atoms with Crippen LogP contribution in [0.5, 0.6) is 11.8 Å². The lowest BCUT2D eigenvalue weighted by atomic mass is 9.78. The highest BCUT2D eigenvalue weighted by molar-refractivity contribution is 6.05. The fourth-order valence-corrected chi connectivity index (χ4v) is 10.2. The fourth-order valence-electron chi connectivity index (χ4n) is 10.2. The topological polar surface area (TPSA) is 91.3 Å². The number of alkyl halides is 4. The summed E-state index contributed by atoms with van der Waals surface area (Å²) in [4.78, 5) is 28.3. The van der Waals surface area contributed by atoms with Gasteiger partial charge in [-0.05, 0) is 74.4 Å². The monoisotopic (exact) mass is 779 g/mol. The molecule has 15 heteroatoms. The molecule has 4 fully saturated rings. The Labute approximate surface area is 319 Å². The van der Waals surface area contributed by atoms with Crippen molar-refractivity contribution >= 4 is 33.9 Å². The average molecular weight is 780 g/mol. The van der Waals surface area contributed by atoms with Crippen LogP contribution in [-0.4, -0.2) is 99.6 Å². The number of phenolic OH excluding ortho intramolecular Hbond substituents is 1. The second-order valence-corrected chi connectivity index (χ2v) is 15.9. The van der Waals surface area contributed by atoms with Crippen LogP contribution in [0.3, 0.4) is 0 Å². The number of benzene rings is 2. The van der Waals surface area contributed by atoms with Crippen molar-refractivity contribution in [2.24, 2.45) is 0 Å². The molecular formula is C41H39F6N5O4. The van der Waals surface area contributed by atoms with E-state index >= 15 is 8.78 Å². The van der Waals surface area contributed by atoms with E-state index in [0.29, 0.717) is 48.3 Å². The number of nitrogens with zero attached hydrogens (tertiary/aromatic N) is 5. The van der Waals surface area contributed by atoms with Gasteiger partial charge in [-0.2, -0.15) is 23.1 Å². The van der Waals surface area contributed by atoms with Crippen LogP contribution < -0.4 is 9.64 Å². The maximum Gasteiger partial charge on any atom is 0.389 e. The molecular weight excluding hydrogens is 740 g/mol. The highest BCUT2D eigenvalue weighted by Crippen LogP contribution is 2.54. The molecule has 2 bridgehead atoms. The van der Waals surface area contributed by atoms with Crippen molar-refractivity contribution in [1.29, 1.82) is 0 Å². The molecule has 56 heavy (non-hydrogen) atoms. The van der Waals surface area contributed by atoms with E-state index in [1.807, 2.05) is 11.0 Å². The molecule has 3 aromatic rings. The van der Waals surface area contributed by atoms with Gasteiger partial charge in [-0.3, -0.25) is 9.69 Å². The van der Waals surface area contributed by atoms with Crippen LogP contribution in [0.15, 0.2) is 36.1 Å². The Morgan fingerprint density at radius 3 is 2.64 bits per heavy atom. The number of anilines is 1. The minimum absolute atomic E-state index is 0.00836. The summed E-state index contributed by atoms with van der Waals surface area (Å²) in [6.07, 6.45) is 2.27. The van der Waals surface area contributed by atoms with Crippen LogP contribution >= 0.6 is 0 Å². The normalized spacial score (nSPS) is 28.2. The van der Waals surface area contributed by atoms with E-state index in [1.165, 1.54) is 24.3 Å². The van der Waals surface area contributed by atoms with Gasteiger partial charge in [-0.15, -0.1) is 6.42 Å². The van der Waals surface area contributed by atoms with Gasteiger partial charge in [0.2, 0.25) is 5.91 Å². The molecule has 1 amide bonds. The van der Waals surface area contributed by atoms with E-state index in [0.717, 1.165) is 13.0 Å². The Morgan fingerprint density at radius 1 is 1.14 bits per heavy atom. The van der Waals surface area contributed by atoms with Crippen molar-refractivity contribution < 1.29 is 45.7 Å². The van der Waals surface area contributed by atoms with E-state index in [4.69, 9.17) is 20.9 Å². The maximum atomic E-state index is 17.7. The molecule has 4 saturated heterocycles.